The molecule has 94 valence electrons. The van der Waals surface area contributed by atoms with E-state index in [0.717, 1.165) is 6.61 Å². The number of esters is 1. The molecule has 0 bridgehead atoms. The molecule has 2 aliphatic heterocycles. The number of cyclic esters (lactones) is 1. The summed E-state index contributed by atoms with van der Waals surface area (Å²) in [5, 5.41) is 0. The van der Waals surface area contributed by atoms with Gasteiger partial charge in [-0.1, -0.05) is 0 Å². The first kappa shape index (κ1) is 12.2. The van der Waals surface area contributed by atoms with E-state index in [2.05, 4.69) is 0 Å². The summed E-state index contributed by atoms with van der Waals surface area (Å²) in [6.07, 6.45) is 2.00. The summed E-state index contributed by atoms with van der Waals surface area (Å²) in [5.41, 5.74) is 0. The second-order valence-corrected chi connectivity index (χ2v) is 4.61. The summed E-state index contributed by atoms with van der Waals surface area (Å²) in [6, 6.07) is 0. The van der Waals surface area contributed by atoms with E-state index in [1.807, 2.05) is 0 Å². The van der Waals surface area contributed by atoms with Crippen LogP contribution in [0, 0.1) is 5.92 Å². The van der Waals surface area contributed by atoms with E-state index >= 15 is 0 Å². The lowest BCUT2D eigenvalue weighted by Crippen LogP contribution is -2.16. The number of hydrogen-bond donors (Lipinski definition) is 0. The average molecular weight is 240 g/mol. The third-order valence-electron chi connectivity index (χ3n) is 3.06. The van der Waals surface area contributed by atoms with Crippen LogP contribution in [0.15, 0.2) is 0 Å². The number of ketones is 2. The summed E-state index contributed by atoms with van der Waals surface area (Å²) in [5.74, 6) is -0.855. The van der Waals surface area contributed by atoms with E-state index in [0.29, 0.717) is 25.9 Å². The summed E-state index contributed by atoms with van der Waals surface area (Å²) >= 11 is 0. The molecule has 2 atom stereocenters. The Bertz CT molecular complexity index is 332. The fourth-order valence-electron chi connectivity index (χ4n) is 1.93. The van der Waals surface area contributed by atoms with Crippen LogP contribution in [0.3, 0.4) is 0 Å². The number of ether oxygens (including phenoxy) is 2. The molecule has 0 radical (unpaired) electrons. The summed E-state index contributed by atoms with van der Waals surface area (Å²) in [7, 11) is 0. The standard InChI is InChI=1S/C12H16O5/c13-9(1-2-11-7-17-11)6-10(14)5-8-3-4-16-12(8)15/h8,11H,1-7H2. The van der Waals surface area contributed by atoms with Crippen molar-refractivity contribution in [2.24, 2.45) is 5.92 Å². The molecule has 2 aliphatic rings. The SMILES string of the molecule is O=C(CCC1CO1)CC(=O)CC1CCOC1=O. The number of carbonyl (C=O) groups is 3. The molecule has 0 aromatic rings. The minimum absolute atomic E-state index is 0.0585. The van der Waals surface area contributed by atoms with Gasteiger partial charge in [0, 0.05) is 12.8 Å². The second-order valence-electron chi connectivity index (χ2n) is 4.61. The summed E-state index contributed by atoms with van der Waals surface area (Å²) < 4.78 is 9.75. The monoisotopic (exact) mass is 240 g/mol. The molecule has 0 amide bonds. The lowest BCUT2D eigenvalue weighted by molar-refractivity contribution is -0.143. The maximum absolute atomic E-state index is 11.6. The Morgan fingerprint density at radius 2 is 2.06 bits per heavy atom. The molecule has 2 unspecified atom stereocenters. The minimum Gasteiger partial charge on any atom is -0.465 e. The van der Waals surface area contributed by atoms with E-state index in [1.165, 1.54) is 0 Å². The molecule has 2 heterocycles. The van der Waals surface area contributed by atoms with E-state index in [9.17, 15) is 14.4 Å². The smallest absolute Gasteiger partial charge is 0.309 e. The van der Waals surface area contributed by atoms with Crippen LogP contribution < -0.4 is 0 Å². The topological polar surface area (TPSA) is 73.0 Å². The molecule has 2 saturated heterocycles. The molecule has 5 nitrogen and oxygen atoms in total. The Labute approximate surface area is 99.5 Å². The van der Waals surface area contributed by atoms with Gasteiger partial charge in [-0.15, -0.1) is 0 Å². The molecule has 0 spiro atoms. The third-order valence-corrected chi connectivity index (χ3v) is 3.06. The van der Waals surface area contributed by atoms with E-state index in [-0.39, 0.29) is 42.4 Å². The molecule has 2 fully saturated rings. The highest BCUT2D eigenvalue weighted by molar-refractivity contribution is 6.00. The number of rotatable bonds is 7. The predicted octanol–water partition coefficient (Wildman–Crippen LogP) is 0.647. The summed E-state index contributed by atoms with van der Waals surface area (Å²) in [6.45, 7) is 1.12. The van der Waals surface area contributed by atoms with Crippen molar-refractivity contribution in [3.8, 4) is 0 Å². The number of hydrogen-bond acceptors (Lipinski definition) is 5. The van der Waals surface area contributed by atoms with Crippen LogP contribution in [0.4, 0.5) is 0 Å². The van der Waals surface area contributed by atoms with Crippen molar-refractivity contribution in [2.45, 2.75) is 38.2 Å². The Balaban J connectivity index is 1.65. The summed E-state index contributed by atoms with van der Waals surface area (Å²) in [4.78, 5) is 34.1. The van der Waals surface area contributed by atoms with E-state index < -0.39 is 0 Å². The maximum atomic E-state index is 11.6. The minimum atomic E-state index is -0.331. The molecular formula is C12H16O5. The van der Waals surface area contributed by atoms with E-state index in [4.69, 9.17) is 9.47 Å². The van der Waals surface area contributed by atoms with Gasteiger partial charge >= 0.3 is 5.97 Å². The molecular weight excluding hydrogens is 224 g/mol. The first-order valence-corrected chi connectivity index (χ1v) is 5.97. The molecule has 5 heteroatoms. The molecule has 0 saturated carbocycles. The van der Waals surface area contributed by atoms with Crippen molar-refractivity contribution in [3.05, 3.63) is 0 Å². The quantitative estimate of drug-likeness (QED) is 0.371. The first-order valence-electron chi connectivity index (χ1n) is 5.97. The Morgan fingerprint density at radius 1 is 1.29 bits per heavy atom. The third kappa shape index (κ3) is 3.93. The number of Topliss-reactive ketones (excluding diaryl/α,β-unsaturated/α-hetero) is 2. The van der Waals surface area contributed by atoms with Gasteiger partial charge in [0.25, 0.3) is 0 Å². The first-order chi connectivity index (χ1) is 8.15. The lowest BCUT2D eigenvalue weighted by atomic mass is 9.97. The van der Waals surface area contributed by atoms with Gasteiger partial charge < -0.3 is 9.47 Å². The van der Waals surface area contributed by atoms with Crippen molar-refractivity contribution < 1.29 is 23.9 Å². The van der Waals surface area contributed by atoms with Crippen molar-refractivity contribution in [1.82, 2.24) is 0 Å². The fraction of sp³-hybridized carbons (Fsp3) is 0.750. The predicted molar refractivity (Wildman–Crippen MR) is 57.3 cm³/mol. The lowest BCUT2D eigenvalue weighted by Gasteiger charge is -2.03. The molecule has 0 aliphatic carbocycles. The molecule has 0 aromatic heterocycles. The molecule has 0 N–H and O–H groups in total. The maximum Gasteiger partial charge on any atom is 0.309 e. The van der Waals surface area contributed by atoms with Gasteiger partial charge in [-0.05, 0) is 12.8 Å². The van der Waals surface area contributed by atoms with Crippen LogP contribution in [0.25, 0.3) is 0 Å². The van der Waals surface area contributed by atoms with Crippen LogP contribution in [-0.4, -0.2) is 36.9 Å². The van der Waals surface area contributed by atoms with Crippen LogP contribution in [0.1, 0.15) is 32.1 Å². The second kappa shape index (κ2) is 5.40. The van der Waals surface area contributed by atoms with Crippen molar-refractivity contribution in [3.63, 3.8) is 0 Å². The van der Waals surface area contributed by atoms with Gasteiger partial charge in [-0.3, -0.25) is 14.4 Å². The van der Waals surface area contributed by atoms with E-state index in [1.54, 1.807) is 0 Å². The molecule has 2 rings (SSSR count). The average Bonchev–Trinajstić information content (AvgIpc) is 3.02. The van der Waals surface area contributed by atoms with Crippen molar-refractivity contribution in [2.75, 3.05) is 13.2 Å². The highest BCUT2D eigenvalue weighted by atomic mass is 16.6. The Kier molecular flexibility index (Phi) is 3.89. The normalized spacial score (nSPS) is 26.7. The largest absolute Gasteiger partial charge is 0.465 e. The van der Waals surface area contributed by atoms with Gasteiger partial charge in [0.05, 0.1) is 31.7 Å². The zero-order valence-electron chi connectivity index (χ0n) is 9.65. The van der Waals surface area contributed by atoms with Gasteiger partial charge in [-0.25, -0.2) is 0 Å². The van der Waals surface area contributed by atoms with Gasteiger partial charge in [0.15, 0.2) is 0 Å². The molecule has 17 heavy (non-hydrogen) atoms. The van der Waals surface area contributed by atoms with Gasteiger partial charge in [0.1, 0.15) is 11.6 Å². The van der Waals surface area contributed by atoms with Crippen LogP contribution in [0.2, 0.25) is 0 Å². The Morgan fingerprint density at radius 3 is 2.65 bits per heavy atom. The zero-order valence-corrected chi connectivity index (χ0v) is 9.65. The van der Waals surface area contributed by atoms with Crippen LogP contribution in [-0.2, 0) is 23.9 Å². The highest BCUT2D eigenvalue weighted by Crippen LogP contribution is 2.20. The highest BCUT2D eigenvalue weighted by Gasteiger charge is 2.29. The number of epoxide rings is 1. The Hall–Kier alpha value is -1.23. The zero-order chi connectivity index (χ0) is 12.3. The molecule has 0 aromatic carbocycles. The fourth-order valence-corrected chi connectivity index (χ4v) is 1.93. The van der Waals surface area contributed by atoms with Crippen LogP contribution in [0.5, 0.6) is 0 Å². The number of carbonyl (C=O) groups excluding carboxylic acids is 3. The van der Waals surface area contributed by atoms with Crippen LogP contribution >= 0.6 is 0 Å². The van der Waals surface area contributed by atoms with Gasteiger partial charge in [-0.2, -0.15) is 0 Å². The van der Waals surface area contributed by atoms with Crippen molar-refractivity contribution in [1.29, 1.82) is 0 Å². The van der Waals surface area contributed by atoms with Gasteiger partial charge in [0.2, 0.25) is 0 Å². The van der Waals surface area contributed by atoms with Crippen molar-refractivity contribution >= 4 is 17.5 Å².